The second-order valence-corrected chi connectivity index (χ2v) is 10.8. The highest BCUT2D eigenvalue weighted by molar-refractivity contribution is 8.06. The summed E-state index contributed by atoms with van der Waals surface area (Å²) < 4.78 is 0. The molecule has 2 aromatic rings. The van der Waals surface area contributed by atoms with Gasteiger partial charge >= 0.3 is 5.97 Å². The molecule has 2 amide bonds. The summed E-state index contributed by atoms with van der Waals surface area (Å²) in [7, 11) is 0. The van der Waals surface area contributed by atoms with Gasteiger partial charge in [0.15, 0.2) is 16.0 Å². The van der Waals surface area contributed by atoms with E-state index in [4.69, 9.17) is 11.5 Å². The summed E-state index contributed by atoms with van der Waals surface area (Å²) in [5.74, 6) is -1.64. The van der Waals surface area contributed by atoms with Crippen LogP contribution in [-0.4, -0.2) is 71.6 Å². The van der Waals surface area contributed by atoms with E-state index in [9.17, 15) is 24.7 Å². The van der Waals surface area contributed by atoms with Crippen molar-refractivity contribution in [2.45, 2.75) is 17.8 Å². The molecule has 0 unspecified atom stereocenters. The molecule has 12 nitrogen and oxygen atoms in total. The van der Waals surface area contributed by atoms with E-state index in [1.807, 2.05) is 5.38 Å². The number of thioether (sulfide) groups is 2. The smallest absolute Gasteiger partial charge is 0.353 e. The molecule has 1 saturated heterocycles. The first kappa shape index (κ1) is 23.3. The Hall–Kier alpha value is -2.82. The zero-order chi connectivity index (χ0) is 23.7. The molecule has 0 aromatic carbocycles. The Morgan fingerprint density at radius 1 is 1.27 bits per heavy atom. The van der Waals surface area contributed by atoms with Crippen LogP contribution in [0.5, 0.6) is 0 Å². The third-order valence-corrected chi connectivity index (χ3v) is 8.66. The molecular weight excluding hydrogens is 510 g/mol. The van der Waals surface area contributed by atoms with E-state index in [2.05, 4.69) is 20.4 Å². The number of hydrogen-bond donors (Lipinski definition) is 5. The number of carbonyl (C=O) groups is 3. The Bertz CT molecular complexity index is 1180. The summed E-state index contributed by atoms with van der Waals surface area (Å²) in [4.78, 5) is 47.1. The number of aliphatic carboxylic acids is 1. The molecule has 0 aliphatic carbocycles. The van der Waals surface area contributed by atoms with Crippen molar-refractivity contribution in [2.75, 3.05) is 23.0 Å². The average molecular weight is 528 g/mol. The quantitative estimate of drug-likeness (QED) is 0.140. The van der Waals surface area contributed by atoms with Crippen LogP contribution in [0, 0.1) is 0 Å². The van der Waals surface area contributed by atoms with E-state index in [0.29, 0.717) is 28.0 Å². The molecule has 2 atom stereocenters. The topological polar surface area (TPSA) is 197 Å². The number of β-lactam (4-membered cyclic amide) rings is 1. The van der Waals surface area contributed by atoms with Crippen molar-refractivity contribution in [2.24, 2.45) is 5.16 Å². The number of nitrogens with zero attached hydrogens (tertiary/aromatic N) is 4. The lowest BCUT2D eigenvalue weighted by molar-refractivity contribution is -0.150. The lowest BCUT2D eigenvalue weighted by atomic mass is 10.0. The number of carbonyl (C=O) groups excluding carboxylic acids is 2. The number of carboxylic acids is 1. The van der Waals surface area contributed by atoms with Gasteiger partial charge in [-0.15, -0.1) is 46.2 Å². The first-order chi connectivity index (χ1) is 15.8. The minimum absolute atomic E-state index is 0.0732. The molecule has 2 aliphatic rings. The van der Waals surface area contributed by atoms with Crippen molar-refractivity contribution in [3.63, 3.8) is 0 Å². The molecule has 2 aliphatic heterocycles. The molecule has 0 saturated carbocycles. The predicted octanol–water partition coefficient (Wildman–Crippen LogP) is 0.614. The molecule has 16 heteroatoms. The second-order valence-electron chi connectivity index (χ2n) is 6.73. The zero-order valence-corrected chi connectivity index (χ0v) is 19.9. The zero-order valence-electron chi connectivity index (χ0n) is 16.6. The number of amides is 2. The van der Waals surface area contributed by atoms with E-state index in [1.165, 1.54) is 45.1 Å². The highest BCUT2D eigenvalue weighted by Crippen LogP contribution is 2.43. The molecule has 33 heavy (non-hydrogen) atoms. The third kappa shape index (κ3) is 4.64. The molecule has 0 bridgehead atoms. The standard InChI is InChI=1S/C17H17N7O5S4/c18-16-20-6(3-32-16)1-2-30-8-5-31-14-10(13(26)24(14)11(8)15(27)28)22-12(25)9(23-29)7-4-33-17(19)21-7/h3-4,10,14,29H,1-2,5H2,(H2,18,20)(H2,19,21)(H,22,25)(H,27,28)/b23-9-/t10-,14-/m1/s1. The van der Waals surface area contributed by atoms with Crippen LogP contribution < -0.4 is 16.8 Å². The van der Waals surface area contributed by atoms with Gasteiger partial charge in [0, 0.05) is 27.2 Å². The van der Waals surface area contributed by atoms with Gasteiger partial charge in [-0.3, -0.25) is 14.5 Å². The second kappa shape index (κ2) is 9.58. The van der Waals surface area contributed by atoms with Crippen LogP contribution in [0.2, 0.25) is 0 Å². The Labute approximate surface area is 203 Å². The number of oxime groups is 1. The summed E-state index contributed by atoms with van der Waals surface area (Å²) in [6, 6.07) is -0.964. The minimum Gasteiger partial charge on any atom is -0.477 e. The van der Waals surface area contributed by atoms with Gasteiger partial charge in [0.2, 0.25) is 0 Å². The Morgan fingerprint density at radius 2 is 2.00 bits per heavy atom. The number of nitrogen functional groups attached to an aromatic ring is 2. The molecule has 174 valence electrons. The number of aryl methyl sites for hydroxylation is 1. The van der Waals surface area contributed by atoms with Crippen LogP contribution in [0.1, 0.15) is 11.4 Å². The van der Waals surface area contributed by atoms with Gasteiger partial charge in [-0.05, 0) is 6.42 Å². The van der Waals surface area contributed by atoms with Crippen LogP contribution in [-0.2, 0) is 20.8 Å². The molecular formula is C17H17N7O5S4. The maximum absolute atomic E-state index is 12.8. The molecule has 4 rings (SSSR count). The fourth-order valence-corrected chi connectivity index (χ4v) is 6.99. The Kier molecular flexibility index (Phi) is 6.78. The summed E-state index contributed by atoms with van der Waals surface area (Å²) in [6.45, 7) is 0. The molecule has 0 radical (unpaired) electrons. The van der Waals surface area contributed by atoms with Gasteiger partial charge in [-0.1, -0.05) is 5.16 Å². The van der Waals surface area contributed by atoms with Crippen molar-refractivity contribution in [3.8, 4) is 0 Å². The van der Waals surface area contributed by atoms with Gasteiger partial charge in [0.25, 0.3) is 11.8 Å². The van der Waals surface area contributed by atoms with E-state index < -0.39 is 29.2 Å². The number of anilines is 2. The summed E-state index contributed by atoms with van der Waals surface area (Å²) in [5, 5.41) is 27.8. The van der Waals surface area contributed by atoms with E-state index in [1.54, 1.807) is 0 Å². The van der Waals surface area contributed by atoms with Gasteiger partial charge < -0.3 is 27.1 Å². The lowest BCUT2D eigenvalue weighted by Gasteiger charge is -2.49. The Morgan fingerprint density at radius 3 is 2.61 bits per heavy atom. The molecule has 2 aromatic heterocycles. The van der Waals surface area contributed by atoms with Crippen molar-refractivity contribution in [1.82, 2.24) is 20.2 Å². The van der Waals surface area contributed by atoms with Crippen LogP contribution in [0.4, 0.5) is 10.3 Å². The third-order valence-electron chi connectivity index (χ3n) is 4.71. The number of fused-ring (bicyclic) bond motifs is 1. The Balaban J connectivity index is 1.43. The van der Waals surface area contributed by atoms with Crippen molar-refractivity contribution < 1.29 is 24.7 Å². The maximum Gasteiger partial charge on any atom is 0.353 e. The van der Waals surface area contributed by atoms with Crippen LogP contribution >= 0.6 is 46.2 Å². The SMILES string of the molecule is Nc1nc(CCSC2=C(C(=O)O)N3C(=O)[C@@H](NC(=O)/C(=N\O)c4csc(N)n4)[C@H]3SC2)cs1. The number of rotatable bonds is 8. The van der Waals surface area contributed by atoms with Gasteiger partial charge in [-0.25, -0.2) is 14.8 Å². The normalized spacial score (nSPS) is 20.4. The van der Waals surface area contributed by atoms with E-state index >= 15 is 0 Å². The first-order valence-electron chi connectivity index (χ1n) is 9.28. The van der Waals surface area contributed by atoms with Crippen molar-refractivity contribution >= 4 is 80.0 Å². The largest absolute Gasteiger partial charge is 0.477 e. The number of carboxylic acid groups (broad SMARTS) is 1. The van der Waals surface area contributed by atoms with Crippen LogP contribution in [0.3, 0.4) is 0 Å². The van der Waals surface area contributed by atoms with Crippen molar-refractivity contribution in [3.05, 3.63) is 32.8 Å². The number of thiazole rings is 2. The first-order valence-corrected chi connectivity index (χ1v) is 13.1. The van der Waals surface area contributed by atoms with Crippen LogP contribution in [0.15, 0.2) is 26.5 Å². The average Bonchev–Trinajstić information content (AvgIpc) is 3.39. The molecule has 1 fully saturated rings. The van der Waals surface area contributed by atoms with E-state index in [0.717, 1.165) is 17.0 Å². The summed E-state index contributed by atoms with van der Waals surface area (Å²) in [5.41, 5.74) is 11.6. The fourth-order valence-electron chi connectivity index (χ4n) is 3.24. The summed E-state index contributed by atoms with van der Waals surface area (Å²) >= 11 is 5.10. The van der Waals surface area contributed by atoms with E-state index in [-0.39, 0.29) is 22.2 Å². The highest BCUT2D eigenvalue weighted by atomic mass is 32.2. The van der Waals surface area contributed by atoms with Gasteiger partial charge in [0.05, 0.1) is 5.69 Å². The van der Waals surface area contributed by atoms with Crippen LogP contribution in [0.25, 0.3) is 0 Å². The maximum atomic E-state index is 12.8. The number of nitrogens with one attached hydrogen (secondary N) is 1. The lowest BCUT2D eigenvalue weighted by Crippen LogP contribution is -2.71. The van der Waals surface area contributed by atoms with Crippen molar-refractivity contribution in [1.29, 1.82) is 0 Å². The molecule has 4 heterocycles. The van der Waals surface area contributed by atoms with Gasteiger partial charge in [-0.2, -0.15) is 0 Å². The number of nitrogens with two attached hydrogens (primary N) is 2. The summed E-state index contributed by atoms with van der Waals surface area (Å²) in [6.07, 6.45) is 0.611. The number of hydrogen-bond acceptors (Lipinski definition) is 13. The molecule has 7 N–H and O–H groups in total. The predicted molar refractivity (Wildman–Crippen MR) is 127 cm³/mol. The van der Waals surface area contributed by atoms with Gasteiger partial charge in [0.1, 0.15) is 22.8 Å². The minimum atomic E-state index is -1.21. The highest BCUT2D eigenvalue weighted by Gasteiger charge is 2.54. The number of aromatic nitrogens is 2. The fraction of sp³-hybridized carbons (Fsp3) is 0.294. The monoisotopic (exact) mass is 527 g/mol. The molecule has 0 spiro atoms.